The van der Waals surface area contributed by atoms with Gasteiger partial charge in [-0.1, -0.05) is 72.3 Å². The van der Waals surface area contributed by atoms with E-state index in [0.29, 0.717) is 30.2 Å². The van der Waals surface area contributed by atoms with Gasteiger partial charge in [0.2, 0.25) is 5.91 Å². The van der Waals surface area contributed by atoms with Crippen LogP contribution in [0.15, 0.2) is 103 Å². The largest absolute Gasteiger partial charge is 0.378 e. The highest BCUT2D eigenvalue weighted by atomic mass is 16.5. The lowest BCUT2D eigenvalue weighted by atomic mass is 10.0. The SMILES string of the molecule is Cc1ccc(C(C(=O)Nc2ccc(N3CCOCC3)cc2)N(Cc2ccccc2)C(=O)CN2C(=O)C(=O)c3ccccc32)cc1. The fourth-order valence-electron chi connectivity index (χ4n) is 5.74. The summed E-state index contributed by atoms with van der Waals surface area (Å²) >= 11 is 0. The highest BCUT2D eigenvalue weighted by Gasteiger charge is 2.39. The van der Waals surface area contributed by atoms with E-state index in [2.05, 4.69) is 10.2 Å². The van der Waals surface area contributed by atoms with Crippen molar-refractivity contribution in [2.75, 3.05) is 48.0 Å². The van der Waals surface area contributed by atoms with E-state index in [1.165, 1.54) is 9.80 Å². The topological polar surface area (TPSA) is 99.3 Å². The lowest BCUT2D eigenvalue weighted by molar-refractivity contribution is -0.139. The molecule has 4 aromatic rings. The van der Waals surface area contributed by atoms with Gasteiger partial charge in [-0.2, -0.15) is 0 Å². The molecule has 2 heterocycles. The van der Waals surface area contributed by atoms with Gasteiger partial charge in [-0.3, -0.25) is 24.1 Å². The number of anilines is 3. The summed E-state index contributed by atoms with van der Waals surface area (Å²) in [6.07, 6.45) is 0. The summed E-state index contributed by atoms with van der Waals surface area (Å²) in [5.74, 6) is -2.28. The Kier molecular flexibility index (Phi) is 8.70. The van der Waals surface area contributed by atoms with Crippen molar-refractivity contribution in [3.63, 3.8) is 0 Å². The molecule has 228 valence electrons. The van der Waals surface area contributed by atoms with Crippen LogP contribution < -0.4 is 15.1 Å². The molecule has 0 aliphatic carbocycles. The number of nitrogens with zero attached hydrogens (tertiary/aromatic N) is 3. The number of hydrogen-bond acceptors (Lipinski definition) is 6. The van der Waals surface area contributed by atoms with E-state index >= 15 is 0 Å². The van der Waals surface area contributed by atoms with Gasteiger partial charge in [0, 0.05) is 31.0 Å². The normalized spacial score (nSPS) is 15.0. The van der Waals surface area contributed by atoms with Gasteiger partial charge in [-0.25, -0.2) is 0 Å². The molecular formula is C36H34N4O5. The molecule has 0 radical (unpaired) electrons. The number of amides is 3. The first-order chi connectivity index (χ1) is 21.9. The Balaban J connectivity index is 1.32. The molecule has 0 bridgehead atoms. The molecule has 0 spiro atoms. The standard InChI is InChI=1S/C36H34N4O5/c1-25-11-13-27(14-12-25)33(35(43)37-28-15-17-29(18-16-28)38-19-21-45-22-20-38)40(23-26-7-3-2-4-8-26)32(41)24-39-31-10-6-5-9-30(31)34(42)36(39)44/h2-18,33H,19-24H2,1H3,(H,37,43). The second kappa shape index (κ2) is 13.2. The summed E-state index contributed by atoms with van der Waals surface area (Å²) in [6.45, 7) is 4.61. The molecule has 1 unspecified atom stereocenters. The molecular weight excluding hydrogens is 568 g/mol. The molecule has 1 N–H and O–H groups in total. The maximum Gasteiger partial charge on any atom is 0.299 e. The number of hydrogen-bond donors (Lipinski definition) is 1. The van der Waals surface area contributed by atoms with E-state index in [1.54, 1.807) is 24.3 Å². The van der Waals surface area contributed by atoms with Crippen LogP contribution in [0.3, 0.4) is 0 Å². The van der Waals surface area contributed by atoms with Crippen LogP contribution in [-0.2, 0) is 25.7 Å². The fraction of sp³-hybridized carbons (Fsp3) is 0.222. The molecule has 0 saturated carbocycles. The molecule has 3 amide bonds. The first-order valence-corrected chi connectivity index (χ1v) is 15.0. The zero-order valence-corrected chi connectivity index (χ0v) is 25.0. The van der Waals surface area contributed by atoms with Crippen LogP contribution in [0, 0.1) is 6.92 Å². The maximum absolute atomic E-state index is 14.2. The number of ketones is 1. The Morgan fingerprint density at radius 2 is 1.51 bits per heavy atom. The van der Waals surface area contributed by atoms with Crippen molar-refractivity contribution in [1.29, 1.82) is 0 Å². The number of aryl methyl sites for hydroxylation is 1. The number of rotatable bonds is 9. The lowest BCUT2D eigenvalue weighted by Gasteiger charge is -2.33. The first kappa shape index (κ1) is 29.8. The number of nitrogens with one attached hydrogen (secondary N) is 1. The van der Waals surface area contributed by atoms with Crippen LogP contribution in [0.25, 0.3) is 0 Å². The summed E-state index contributed by atoms with van der Waals surface area (Å²) in [7, 11) is 0. The minimum atomic E-state index is -1.03. The predicted molar refractivity (Wildman–Crippen MR) is 172 cm³/mol. The molecule has 2 aliphatic heterocycles. The van der Waals surface area contributed by atoms with Crippen LogP contribution >= 0.6 is 0 Å². The van der Waals surface area contributed by atoms with Crippen molar-refractivity contribution in [2.24, 2.45) is 0 Å². The molecule has 1 fully saturated rings. The lowest BCUT2D eigenvalue weighted by Crippen LogP contribution is -2.46. The average molecular weight is 603 g/mol. The molecule has 0 aromatic heterocycles. The van der Waals surface area contributed by atoms with Crippen molar-refractivity contribution >= 4 is 40.6 Å². The highest BCUT2D eigenvalue weighted by molar-refractivity contribution is 6.52. The molecule has 1 saturated heterocycles. The highest BCUT2D eigenvalue weighted by Crippen LogP contribution is 2.31. The van der Waals surface area contributed by atoms with Gasteiger partial charge in [0.25, 0.3) is 17.6 Å². The zero-order valence-electron chi connectivity index (χ0n) is 25.0. The van der Waals surface area contributed by atoms with Gasteiger partial charge in [-0.05, 0) is 54.4 Å². The molecule has 9 heteroatoms. The third kappa shape index (κ3) is 6.49. The number of para-hydroxylation sites is 1. The number of fused-ring (bicyclic) bond motifs is 1. The number of carbonyl (C=O) groups is 4. The van der Waals surface area contributed by atoms with Gasteiger partial charge in [0.15, 0.2) is 0 Å². The van der Waals surface area contributed by atoms with E-state index in [0.717, 1.165) is 29.9 Å². The van der Waals surface area contributed by atoms with E-state index in [1.807, 2.05) is 85.8 Å². The van der Waals surface area contributed by atoms with Gasteiger partial charge in [0.05, 0.1) is 24.5 Å². The second-order valence-corrected chi connectivity index (χ2v) is 11.2. The molecule has 1 atom stereocenters. The third-order valence-corrected chi connectivity index (χ3v) is 8.15. The summed E-state index contributed by atoms with van der Waals surface area (Å²) < 4.78 is 5.46. The molecule has 9 nitrogen and oxygen atoms in total. The van der Waals surface area contributed by atoms with Gasteiger partial charge < -0.3 is 19.9 Å². The first-order valence-electron chi connectivity index (χ1n) is 15.0. The van der Waals surface area contributed by atoms with Gasteiger partial charge in [0.1, 0.15) is 12.6 Å². The monoisotopic (exact) mass is 602 g/mol. The van der Waals surface area contributed by atoms with Gasteiger partial charge in [-0.15, -0.1) is 0 Å². The quantitative estimate of drug-likeness (QED) is 0.277. The smallest absolute Gasteiger partial charge is 0.299 e. The number of Topliss-reactive ketones (excluding diaryl/α,β-unsaturated/α-hetero) is 1. The van der Waals surface area contributed by atoms with Crippen LogP contribution in [0.1, 0.15) is 33.1 Å². The fourth-order valence-corrected chi connectivity index (χ4v) is 5.74. The van der Waals surface area contributed by atoms with Crippen molar-refractivity contribution in [1.82, 2.24) is 4.90 Å². The number of morpholine rings is 1. The Morgan fingerprint density at radius 1 is 0.844 bits per heavy atom. The summed E-state index contributed by atoms with van der Waals surface area (Å²) in [5, 5.41) is 3.02. The molecule has 4 aromatic carbocycles. The van der Waals surface area contributed by atoms with E-state index in [4.69, 9.17) is 4.74 Å². The molecule has 45 heavy (non-hydrogen) atoms. The van der Waals surface area contributed by atoms with E-state index in [-0.39, 0.29) is 12.1 Å². The summed E-state index contributed by atoms with van der Waals surface area (Å²) in [5.41, 5.74) is 4.73. The van der Waals surface area contributed by atoms with E-state index in [9.17, 15) is 19.2 Å². The Morgan fingerprint density at radius 3 is 2.22 bits per heavy atom. The predicted octanol–water partition coefficient (Wildman–Crippen LogP) is 4.77. The van der Waals surface area contributed by atoms with Crippen molar-refractivity contribution in [3.8, 4) is 0 Å². The van der Waals surface area contributed by atoms with Crippen molar-refractivity contribution < 1.29 is 23.9 Å². The Labute approximate surface area is 262 Å². The molecule has 2 aliphatic rings. The van der Waals surface area contributed by atoms with E-state index < -0.39 is 36.1 Å². The maximum atomic E-state index is 14.2. The Bertz CT molecular complexity index is 1700. The minimum absolute atomic E-state index is 0.110. The average Bonchev–Trinajstić information content (AvgIpc) is 3.31. The van der Waals surface area contributed by atoms with Crippen LogP contribution in [0.5, 0.6) is 0 Å². The van der Waals surface area contributed by atoms with Crippen LogP contribution in [-0.4, -0.2) is 61.3 Å². The van der Waals surface area contributed by atoms with Crippen molar-refractivity contribution in [2.45, 2.75) is 19.5 Å². The second-order valence-electron chi connectivity index (χ2n) is 11.2. The molecule has 6 rings (SSSR count). The summed E-state index contributed by atoms with van der Waals surface area (Å²) in [4.78, 5) is 59.0. The van der Waals surface area contributed by atoms with Crippen molar-refractivity contribution in [3.05, 3.63) is 125 Å². The number of carbonyl (C=O) groups excluding carboxylic acids is 4. The van der Waals surface area contributed by atoms with Gasteiger partial charge >= 0.3 is 0 Å². The zero-order chi connectivity index (χ0) is 31.3. The Hall–Kier alpha value is -5.28. The third-order valence-electron chi connectivity index (χ3n) is 8.15. The van der Waals surface area contributed by atoms with Crippen LogP contribution in [0.4, 0.5) is 17.1 Å². The summed E-state index contributed by atoms with van der Waals surface area (Å²) in [6, 6.07) is 30.1. The minimum Gasteiger partial charge on any atom is -0.378 e. The van der Waals surface area contributed by atoms with Crippen LogP contribution in [0.2, 0.25) is 0 Å². The number of benzene rings is 4. The number of ether oxygens (including phenoxy) is 1.